The molecule has 6 nitrogen and oxygen atoms in total. The summed E-state index contributed by atoms with van der Waals surface area (Å²) in [4.78, 5) is 23.7. The Morgan fingerprint density at radius 2 is 2.25 bits per heavy atom. The fourth-order valence-corrected chi connectivity index (χ4v) is 3.98. The molecule has 3 rings (SSSR count). The molecule has 6 heteroatoms. The molecule has 2 aliphatic rings. The van der Waals surface area contributed by atoms with Crippen LogP contribution < -0.4 is 10.2 Å². The van der Waals surface area contributed by atoms with Gasteiger partial charge < -0.3 is 15.0 Å². The van der Waals surface area contributed by atoms with E-state index < -0.39 is 0 Å². The average Bonchev–Trinajstić information content (AvgIpc) is 2.95. The summed E-state index contributed by atoms with van der Waals surface area (Å²) in [6.07, 6.45) is 10.4. The zero-order chi connectivity index (χ0) is 17.0. The van der Waals surface area contributed by atoms with Crippen molar-refractivity contribution in [1.82, 2.24) is 15.3 Å². The third kappa shape index (κ3) is 3.38. The van der Waals surface area contributed by atoms with E-state index in [1.165, 1.54) is 0 Å². The van der Waals surface area contributed by atoms with Gasteiger partial charge in [-0.2, -0.15) is 0 Å². The van der Waals surface area contributed by atoms with Gasteiger partial charge in [-0.05, 0) is 25.2 Å². The van der Waals surface area contributed by atoms with Crippen LogP contribution in [-0.4, -0.2) is 48.7 Å². The van der Waals surface area contributed by atoms with Crippen molar-refractivity contribution in [3.05, 3.63) is 18.6 Å². The summed E-state index contributed by atoms with van der Waals surface area (Å²) in [5.74, 6) is 1.52. The Bertz CT molecular complexity index is 547. The molecular formula is C18H28N4O2. The number of nitrogens with one attached hydrogen (secondary N) is 1. The monoisotopic (exact) mass is 332 g/mol. The lowest BCUT2D eigenvalue weighted by Crippen LogP contribution is -2.53. The Kier molecular flexibility index (Phi) is 5.33. The molecule has 0 unspecified atom stereocenters. The first-order valence-corrected chi connectivity index (χ1v) is 8.99. The topological polar surface area (TPSA) is 67.4 Å². The van der Waals surface area contributed by atoms with E-state index in [0.717, 1.165) is 51.0 Å². The van der Waals surface area contributed by atoms with E-state index in [4.69, 9.17) is 4.74 Å². The molecule has 1 N–H and O–H groups in total. The lowest BCUT2D eigenvalue weighted by atomic mass is 9.68. The third-order valence-corrected chi connectivity index (χ3v) is 5.50. The Morgan fingerprint density at radius 1 is 1.42 bits per heavy atom. The maximum absolute atomic E-state index is 12.8. The minimum atomic E-state index is -0.300. The highest BCUT2D eigenvalue weighted by atomic mass is 16.5. The Balaban J connectivity index is 1.67. The van der Waals surface area contributed by atoms with Crippen LogP contribution >= 0.6 is 0 Å². The smallest absolute Gasteiger partial charge is 0.228 e. The fourth-order valence-electron chi connectivity index (χ4n) is 3.98. The summed E-state index contributed by atoms with van der Waals surface area (Å²) in [7, 11) is 1.68. The molecule has 0 spiro atoms. The van der Waals surface area contributed by atoms with Gasteiger partial charge in [-0.3, -0.25) is 9.78 Å². The quantitative estimate of drug-likeness (QED) is 0.827. The molecule has 0 aromatic carbocycles. The number of rotatable bonds is 7. The van der Waals surface area contributed by atoms with Gasteiger partial charge in [0, 0.05) is 32.6 Å². The summed E-state index contributed by atoms with van der Waals surface area (Å²) < 4.78 is 5.31. The lowest BCUT2D eigenvalue weighted by molar-refractivity contribution is -0.141. The standard InChI is InChI=1S/C18H28N4O2/c1-3-5-14-11-22(16-10-19-8-9-20-16)12-15(14)21-17(23)18(13-24-2)6-4-7-18/h8-10,14-15H,3-7,11-13H2,1-2H3,(H,21,23)/t14-,15-/m1/s1. The van der Waals surface area contributed by atoms with E-state index in [1.54, 1.807) is 25.7 Å². The molecule has 1 aromatic rings. The molecule has 1 amide bonds. The zero-order valence-electron chi connectivity index (χ0n) is 14.7. The van der Waals surface area contributed by atoms with Crippen molar-refractivity contribution < 1.29 is 9.53 Å². The Morgan fingerprint density at radius 3 is 2.83 bits per heavy atom. The number of nitrogens with zero attached hydrogens (tertiary/aromatic N) is 3. The number of amides is 1. The Labute approximate surface area is 144 Å². The van der Waals surface area contributed by atoms with Gasteiger partial charge in [-0.25, -0.2) is 4.98 Å². The lowest BCUT2D eigenvalue weighted by Gasteiger charge is -2.40. The van der Waals surface area contributed by atoms with E-state index in [0.29, 0.717) is 12.5 Å². The SMILES string of the molecule is CCC[C@@H]1CN(c2cnccn2)C[C@H]1NC(=O)C1(COC)CCC1. The second kappa shape index (κ2) is 7.47. The molecule has 24 heavy (non-hydrogen) atoms. The van der Waals surface area contributed by atoms with Crippen LogP contribution in [0.25, 0.3) is 0 Å². The first-order valence-electron chi connectivity index (χ1n) is 8.99. The van der Waals surface area contributed by atoms with Crippen LogP contribution in [0, 0.1) is 11.3 Å². The molecule has 2 fully saturated rings. The number of carbonyl (C=O) groups is 1. The van der Waals surface area contributed by atoms with Gasteiger partial charge in [0.15, 0.2) is 0 Å². The number of hydrogen-bond donors (Lipinski definition) is 1. The maximum Gasteiger partial charge on any atom is 0.228 e. The predicted molar refractivity (Wildman–Crippen MR) is 92.7 cm³/mol. The summed E-state index contributed by atoms with van der Waals surface area (Å²) in [6.45, 7) is 4.45. The minimum Gasteiger partial charge on any atom is -0.384 e. The number of ether oxygens (including phenoxy) is 1. The van der Waals surface area contributed by atoms with Crippen molar-refractivity contribution in [2.24, 2.45) is 11.3 Å². The summed E-state index contributed by atoms with van der Waals surface area (Å²) >= 11 is 0. The van der Waals surface area contributed by atoms with E-state index in [9.17, 15) is 4.79 Å². The van der Waals surface area contributed by atoms with Gasteiger partial charge in [-0.15, -0.1) is 0 Å². The van der Waals surface area contributed by atoms with Crippen molar-refractivity contribution in [3.8, 4) is 0 Å². The first-order chi connectivity index (χ1) is 11.7. The number of hydrogen-bond acceptors (Lipinski definition) is 5. The number of methoxy groups -OCH3 is 1. The van der Waals surface area contributed by atoms with Crippen LogP contribution in [0.15, 0.2) is 18.6 Å². The molecule has 0 radical (unpaired) electrons. The Hall–Kier alpha value is -1.69. The highest BCUT2D eigenvalue weighted by molar-refractivity contribution is 5.84. The van der Waals surface area contributed by atoms with E-state index in [-0.39, 0.29) is 17.4 Å². The molecule has 2 atom stereocenters. The molecular weight excluding hydrogens is 304 g/mol. The molecule has 1 aliphatic carbocycles. The molecule has 1 saturated carbocycles. The van der Waals surface area contributed by atoms with Crippen molar-refractivity contribution in [3.63, 3.8) is 0 Å². The van der Waals surface area contributed by atoms with Crippen molar-refractivity contribution in [2.45, 2.75) is 45.1 Å². The summed E-state index contributed by atoms with van der Waals surface area (Å²) in [5, 5.41) is 3.33. The second-order valence-corrected chi connectivity index (χ2v) is 7.16. The van der Waals surface area contributed by atoms with Crippen LogP contribution in [0.1, 0.15) is 39.0 Å². The van der Waals surface area contributed by atoms with Crippen LogP contribution in [0.2, 0.25) is 0 Å². The maximum atomic E-state index is 12.8. The average molecular weight is 332 g/mol. The second-order valence-electron chi connectivity index (χ2n) is 7.16. The predicted octanol–water partition coefficient (Wildman–Crippen LogP) is 2.01. The zero-order valence-corrected chi connectivity index (χ0v) is 14.7. The largest absolute Gasteiger partial charge is 0.384 e. The van der Waals surface area contributed by atoms with Crippen molar-refractivity contribution in [1.29, 1.82) is 0 Å². The number of anilines is 1. The van der Waals surface area contributed by atoms with Crippen LogP contribution in [-0.2, 0) is 9.53 Å². The molecule has 132 valence electrons. The highest BCUT2D eigenvalue weighted by Crippen LogP contribution is 2.41. The first kappa shape index (κ1) is 17.1. The van der Waals surface area contributed by atoms with E-state index >= 15 is 0 Å². The molecule has 1 aliphatic heterocycles. The summed E-state index contributed by atoms with van der Waals surface area (Å²) in [5.41, 5.74) is -0.300. The minimum absolute atomic E-state index is 0.169. The van der Waals surface area contributed by atoms with Crippen molar-refractivity contribution in [2.75, 3.05) is 31.7 Å². The van der Waals surface area contributed by atoms with Gasteiger partial charge in [0.2, 0.25) is 5.91 Å². The fraction of sp³-hybridized carbons (Fsp3) is 0.722. The van der Waals surface area contributed by atoms with Crippen LogP contribution in [0.3, 0.4) is 0 Å². The molecule has 1 aromatic heterocycles. The number of aromatic nitrogens is 2. The van der Waals surface area contributed by atoms with Gasteiger partial charge in [0.05, 0.1) is 24.3 Å². The number of carbonyl (C=O) groups excluding carboxylic acids is 1. The normalized spacial score (nSPS) is 25.3. The summed E-state index contributed by atoms with van der Waals surface area (Å²) in [6, 6.07) is 0.175. The van der Waals surface area contributed by atoms with Gasteiger partial charge in [0.1, 0.15) is 5.82 Å². The van der Waals surface area contributed by atoms with E-state index in [1.807, 2.05) is 0 Å². The van der Waals surface area contributed by atoms with Crippen LogP contribution in [0.4, 0.5) is 5.82 Å². The van der Waals surface area contributed by atoms with Crippen molar-refractivity contribution >= 4 is 11.7 Å². The van der Waals surface area contributed by atoms with Gasteiger partial charge >= 0.3 is 0 Å². The third-order valence-electron chi connectivity index (χ3n) is 5.50. The highest BCUT2D eigenvalue weighted by Gasteiger charge is 2.46. The molecule has 2 heterocycles. The van der Waals surface area contributed by atoms with E-state index in [2.05, 4.69) is 27.1 Å². The van der Waals surface area contributed by atoms with Gasteiger partial charge in [0.25, 0.3) is 0 Å². The molecule has 0 bridgehead atoms. The van der Waals surface area contributed by atoms with Gasteiger partial charge in [-0.1, -0.05) is 19.8 Å². The van der Waals surface area contributed by atoms with Crippen LogP contribution in [0.5, 0.6) is 0 Å². The molecule has 1 saturated heterocycles.